The summed E-state index contributed by atoms with van der Waals surface area (Å²) >= 11 is 2.00. The van der Waals surface area contributed by atoms with Crippen molar-refractivity contribution in [3.63, 3.8) is 0 Å². The molecule has 0 unspecified atom stereocenters. The molecule has 100 valence electrons. The standard InChI is InChI=1S/C13H25NO2S/c1-4-5-9-16-12(15)11-14-7-6-13(2,3)17-10-8-14/h4-11H2,1-3H3. The van der Waals surface area contributed by atoms with Crippen molar-refractivity contribution in [1.82, 2.24) is 4.90 Å². The molecule has 1 fully saturated rings. The molecule has 0 aromatic rings. The van der Waals surface area contributed by atoms with Crippen molar-refractivity contribution in [3.8, 4) is 0 Å². The van der Waals surface area contributed by atoms with Crippen LogP contribution in [-0.4, -0.2) is 47.6 Å². The van der Waals surface area contributed by atoms with E-state index in [-0.39, 0.29) is 5.97 Å². The maximum atomic E-state index is 11.6. The highest BCUT2D eigenvalue weighted by molar-refractivity contribution is 8.00. The number of carbonyl (C=O) groups excluding carboxylic acids is 1. The molecule has 1 heterocycles. The first-order chi connectivity index (χ1) is 8.03. The average Bonchev–Trinajstić information content (AvgIpc) is 2.41. The number of rotatable bonds is 5. The number of carbonyl (C=O) groups is 1. The number of hydrogen-bond donors (Lipinski definition) is 0. The van der Waals surface area contributed by atoms with Crippen LogP contribution in [0.1, 0.15) is 40.0 Å². The van der Waals surface area contributed by atoms with E-state index in [1.54, 1.807) is 0 Å². The Labute approximate surface area is 109 Å². The van der Waals surface area contributed by atoms with Gasteiger partial charge in [-0.3, -0.25) is 9.69 Å². The Bertz CT molecular complexity index is 244. The van der Waals surface area contributed by atoms with Crippen LogP contribution in [0.3, 0.4) is 0 Å². The first-order valence-corrected chi connectivity index (χ1v) is 7.54. The predicted molar refractivity (Wildman–Crippen MR) is 73.5 cm³/mol. The van der Waals surface area contributed by atoms with Crippen molar-refractivity contribution >= 4 is 17.7 Å². The molecule has 0 aromatic heterocycles. The molecule has 4 heteroatoms. The zero-order valence-corrected chi connectivity index (χ0v) is 12.1. The van der Waals surface area contributed by atoms with Crippen LogP contribution in [0.4, 0.5) is 0 Å². The van der Waals surface area contributed by atoms with Crippen LogP contribution in [0.2, 0.25) is 0 Å². The van der Waals surface area contributed by atoms with E-state index in [1.165, 1.54) is 0 Å². The lowest BCUT2D eigenvalue weighted by Gasteiger charge is -2.22. The normalized spacial score (nSPS) is 20.9. The quantitative estimate of drug-likeness (QED) is 0.560. The summed E-state index contributed by atoms with van der Waals surface area (Å²) in [7, 11) is 0. The average molecular weight is 259 g/mol. The van der Waals surface area contributed by atoms with E-state index >= 15 is 0 Å². The van der Waals surface area contributed by atoms with E-state index < -0.39 is 0 Å². The third-order valence-corrected chi connectivity index (χ3v) is 4.42. The third-order valence-electron chi connectivity index (χ3n) is 3.04. The Hall–Kier alpha value is -0.220. The van der Waals surface area contributed by atoms with Gasteiger partial charge in [-0.25, -0.2) is 0 Å². The van der Waals surface area contributed by atoms with Crippen LogP contribution >= 0.6 is 11.8 Å². The van der Waals surface area contributed by atoms with Gasteiger partial charge in [0.05, 0.1) is 13.2 Å². The van der Waals surface area contributed by atoms with Gasteiger partial charge in [0.2, 0.25) is 0 Å². The summed E-state index contributed by atoms with van der Waals surface area (Å²) in [5.74, 6) is 1.04. The van der Waals surface area contributed by atoms with Gasteiger partial charge in [0.15, 0.2) is 0 Å². The van der Waals surface area contributed by atoms with Crippen molar-refractivity contribution < 1.29 is 9.53 Å². The molecule has 0 aliphatic carbocycles. The fraction of sp³-hybridized carbons (Fsp3) is 0.923. The van der Waals surface area contributed by atoms with E-state index in [4.69, 9.17) is 4.74 Å². The second kappa shape index (κ2) is 7.27. The maximum Gasteiger partial charge on any atom is 0.320 e. The smallest absolute Gasteiger partial charge is 0.320 e. The Morgan fingerprint density at radius 2 is 2.18 bits per heavy atom. The lowest BCUT2D eigenvalue weighted by Crippen LogP contribution is -2.33. The van der Waals surface area contributed by atoms with Crippen LogP contribution in [0.25, 0.3) is 0 Å². The Morgan fingerprint density at radius 3 is 2.88 bits per heavy atom. The van der Waals surface area contributed by atoms with E-state index in [1.807, 2.05) is 11.8 Å². The number of esters is 1. The summed E-state index contributed by atoms with van der Waals surface area (Å²) in [6.07, 6.45) is 3.18. The molecule has 0 aromatic carbocycles. The zero-order chi connectivity index (χ0) is 12.7. The lowest BCUT2D eigenvalue weighted by molar-refractivity contribution is -0.145. The molecule has 0 radical (unpaired) electrons. The van der Waals surface area contributed by atoms with Crippen LogP contribution in [0.15, 0.2) is 0 Å². The molecule has 1 rings (SSSR count). The van der Waals surface area contributed by atoms with Gasteiger partial charge in [-0.15, -0.1) is 0 Å². The number of hydrogen-bond acceptors (Lipinski definition) is 4. The van der Waals surface area contributed by atoms with Crippen LogP contribution in [0.5, 0.6) is 0 Å². The van der Waals surface area contributed by atoms with Gasteiger partial charge < -0.3 is 4.74 Å². The Morgan fingerprint density at radius 1 is 1.41 bits per heavy atom. The molecule has 1 aliphatic rings. The number of unbranched alkanes of at least 4 members (excludes halogenated alkanes) is 1. The summed E-state index contributed by atoms with van der Waals surface area (Å²) in [5, 5.41) is 0. The van der Waals surface area contributed by atoms with Crippen LogP contribution in [-0.2, 0) is 9.53 Å². The van der Waals surface area contributed by atoms with E-state index in [0.29, 0.717) is 17.9 Å². The second-order valence-electron chi connectivity index (χ2n) is 5.21. The summed E-state index contributed by atoms with van der Waals surface area (Å²) in [6.45, 7) is 9.69. The fourth-order valence-corrected chi connectivity index (χ4v) is 2.92. The first-order valence-electron chi connectivity index (χ1n) is 6.55. The molecule has 0 spiro atoms. The minimum Gasteiger partial charge on any atom is -0.465 e. The zero-order valence-electron chi connectivity index (χ0n) is 11.3. The van der Waals surface area contributed by atoms with Crippen molar-refractivity contribution in [1.29, 1.82) is 0 Å². The minimum absolute atomic E-state index is 0.0665. The molecule has 1 saturated heterocycles. The third kappa shape index (κ3) is 6.32. The molecule has 1 aliphatic heterocycles. The second-order valence-corrected chi connectivity index (χ2v) is 7.01. The molecule has 0 atom stereocenters. The monoisotopic (exact) mass is 259 g/mol. The van der Waals surface area contributed by atoms with Gasteiger partial charge in [-0.05, 0) is 12.8 Å². The summed E-state index contributed by atoms with van der Waals surface area (Å²) in [5.41, 5.74) is 0. The van der Waals surface area contributed by atoms with Crippen LogP contribution < -0.4 is 0 Å². The molecule has 0 bridgehead atoms. The van der Waals surface area contributed by atoms with Crippen LogP contribution in [0, 0.1) is 0 Å². The molecule has 3 nitrogen and oxygen atoms in total. The molecule has 0 amide bonds. The minimum atomic E-state index is -0.0665. The van der Waals surface area contributed by atoms with Crippen molar-refractivity contribution in [2.24, 2.45) is 0 Å². The van der Waals surface area contributed by atoms with Gasteiger partial charge in [0.1, 0.15) is 0 Å². The maximum absolute atomic E-state index is 11.6. The van der Waals surface area contributed by atoms with Gasteiger partial charge in [-0.1, -0.05) is 27.2 Å². The van der Waals surface area contributed by atoms with Crippen molar-refractivity contribution in [2.45, 2.75) is 44.8 Å². The lowest BCUT2D eigenvalue weighted by atomic mass is 10.1. The highest BCUT2D eigenvalue weighted by Crippen LogP contribution is 2.30. The summed E-state index contributed by atoms with van der Waals surface area (Å²) in [6, 6.07) is 0. The molecule has 17 heavy (non-hydrogen) atoms. The van der Waals surface area contributed by atoms with Crippen molar-refractivity contribution in [3.05, 3.63) is 0 Å². The molecule has 0 N–H and O–H groups in total. The Balaban J connectivity index is 2.24. The van der Waals surface area contributed by atoms with Gasteiger partial charge >= 0.3 is 5.97 Å². The first kappa shape index (κ1) is 14.8. The van der Waals surface area contributed by atoms with E-state index in [2.05, 4.69) is 25.7 Å². The topological polar surface area (TPSA) is 29.5 Å². The van der Waals surface area contributed by atoms with Gasteiger partial charge in [0, 0.05) is 23.6 Å². The molecule has 0 saturated carbocycles. The highest BCUT2D eigenvalue weighted by Gasteiger charge is 2.24. The summed E-state index contributed by atoms with van der Waals surface area (Å²) < 4.78 is 5.54. The molecular formula is C13H25NO2S. The largest absolute Gasteiger partial charge is 0.465 e. The van der Waals surface area contributed by atoms with E-state index in [0.717, 1.165) is 38.1 Å². The van der Waals surface area contributed by atoms with E-state index in [9.17, 15) is 4.79 Å². The van der Waals surface area contributed by atoms with Gasteiger partial charge in [-0.2, -0.15) is 11.8 Å². The SMILES string of the molecule is CCCCOC(=O)CN1CCSC(C)(C)CC1. The number of ether oxygens (including phenoxy) is 1. The summed E-state index contributed by atoms with van der Waals surface area (Å²) in [4.78, 5) is 13.8. The van der Waals surface area contributed by atoms with Gasteiger partial charge in [0.25, 0.3) is 0 Å². The molecular weight excluding hydrogens is 234 g/mol. The van der Waals surface area contributed by atoms with Crippen molar-refractivity contribution in [2.75, 3.05) is 32.0 Å². The highest BCUT2D eigenvalue weighted by atomic mass is 32.2. The number of nitrogens with zero attached hydrogens (tertiary/aromatic N) is 1. The fourth-order valence-electron chi connectivity index (χ4n) is 1.78. The predicted octanol–water partition coefficient (Wildman–Crippen LogP) is 2.55. The number of thioether (sulfide) groups is 1. The Kier molecular flexibility index (Phi) is 6.34.